The van der Waals surface area contributed by atoms with Crippen LogP contribution >= 0.6 is 31.4 Å². The van der Waals surface area contributed by atoms with Crippen LogP contribution < -0.4 is 0 Å². The molecule has 31 heavy (non-hydrogen) atoms. The largest absolute Gasteiger partial charge is 0.0654 e. The minimum absolute atomic E-state index is 1.23. The fraction of sp³-hybridized carbons (Fsp3) is 0.571. The molecule has 0 radical (unpaired) electrons. The SMILES string of the molecule is CCCCCCCCc1ccc(SSSc2ccc(CCCCCCCC)cc2)cc1. The van der Waals surface area contributed by atoms with E-state index in [1.807, 2.05) is 31.4 Å². The van der Waals surface area contributed by atoms with Crippen molar-refractivity contribution in [2.24, 2.45) is 0 Å². The van der Waals surface area contributed by atoms with Gasteiger partial charge in [0.25, 0.3) is 0 Å². The molecule has 2 aromatic carbocycles. The molecule has 0 nitrogen and oxygen atoms in total. The quantitative estimate of drug-likeness (QED) is 0.156. The third kappa shape index (κ3) is 12.9. The Morgan fingerprint density at radius 3 is 1.19 bits per heavy atom. The van der Waals surface area contributed by atoms with Crippen molar-refractivity contribution >= 4 is 31.4 Å². The Kier molecular flexibility index (Phi) is 15.5. The number of rotatable bonds is 18. The normalized spacial score (nSPS) is 11.2. The van der Waals surface area contributed by atoms with E-state index < -0.39 is 0 Å². The van der Waals surface area contributed by atoms with Crippen LogP contribution in [0.25, 0.3) is 0 Å². The van der Waals surface area contributed by atoms with E-state index in [1.54, 1.807) is 0 Å². The highest BCUT2D eigenvalue weighted by Crippen LogP contribution is 2.44. The Morgan fingerprint density at radius 2 is 0.806 bits per heavy atom. The maximum Gasteiger partial charge on any atom is 0.0191 e. The lowest BCUT2D eigenvalue weighted by Crippen LogP contribution is -1.86. The number of hydrogen-bond acceptors (Lipinski definition) is 3. The van der Waals surface area contributed by atoms with Gasteiger partial charge in [0, 0.05) is 9.79 Å². The van der Waals surface area contributed by atoms with Crippen LogP contribution in [0.15, 0.2) is 58.3 Å². The molecule has 0 aromatic heterocycles. The summed E-state index contributed by atoms with van der Waals surface area (Å²) in [5.41, 5.74) is 2.97. The van der Waals surface area contributed by atoms with Crippen molar-refractivity contribution in [3.63, 3.8) is 0 Å². The summed E-state index contributed by atoms with van der Waals surface area (Å²) in [6.07, 6.45) is 18.9. The zero-order valence-corrected chi connectivity index (χ0v) is 22.2. The summed E-state index contributed by atoms with van der Waals surface area (Å²) < 4.78 is 0. The van der Waals surface area contributed by atoms with E-state index in [1.165, 1.54) is 111 Å². The fourth-order valence-corrected chi connectivity index (χ4v) is 7.38. The van der Waals surface area contributed by atoms with Crippen LogP contribution in [0.1, 0.15) is 102 Å². The van der Waals surface area contributed by atoms with Gasteiger partial charge in [0.2, 0.25) is 0 Å². The minimum atomic E-state index is 1.23. The summed E-state index contributed by atoms with van der Waals surface area (Å²) in [4.78, 5) is 2.70. The zero-order chi connectivity index (χ0) is 22.0. The lowest BCUT2D eigenvalue weighted by atomic mass is 10.1. The van der Waals surface area contributed by atoms with Crippen LogP contribution in [0.5, 0.6) is 0 Å². The second kappa shape index (κ2) is 18.0. The highest BCUT2D eigenvalue weighted by molar-refractivity contribution is 9.09. The average molecular weight is 475 g/mol. The average Bonchev–Trinajstić information content (AvgIpc) is 2.80. The lowest BCUT2D eigenvalue weighted by Gasteiger charge is -2.05. The van der Waals surface area contributed by atoms with E-state index in [2.05, 4.69) is 62.4 Å². The topological polar surface area (TPSA) is 0 Å². The molecule has 0 aliphatic rings. The van der Waals surface area contributed by atoms with Crippen molar-refractivity contribution in [3.05, 3.63) is 59.7 Å². The van der Waals surface area contributed by atoms with Gasteiger partial charge in [-0.3, -0.25) is 0 Å². The first-order valence-electron chi connectivity index (χ1n) is 12.5. The van der Waals surface area contributed by atoms with E-state index in [4.69, 9.17) is 0 Å². The van der Waals surface area contributed by atoms with Crippen LogP contribution in [0.4, 0.5) is 0 Å². The van der Waals surface area contributed by atoms with Crippen molar-refractivity contribution in [2.75, 3.05) is 0 Å². The van der Waals surface area contributed by atoms with Crippen molar-refractivity contribution in [3.8, 4) is 0 Å². The minimum Gasteiger partial charge on any atom is -0.0654 e. The van der Waals surface area contributed by atoms with Gasteiger partial charge in [0.1, 0.15) is 0 Å². The van der Waals surface area contributed by atoms with Gasteiger partial charge in [-0.2, -0.15) is 0 Å². The highest BCUT2D eigenvalue weighted by atomic mass is 33.5. The Morgan fingerprint density at radius 1 is 0.452 bits per heavy atom. The predicted octanol–water partition coefficient (Wildman–Crippen LogP) is 10.9. The third-order valence-electron chi connectivity index (χ3n) is 5.75. The van der Waals surface area contributed by atoms with Gasteiger partial charge in [-0.15, -0.1) is 0 Å². The van der Waals surface area contributed by atoms with E-state index in [9.17, 15) is 0 Å². The Labute approximate surface area is 203 Å². The van der Waals surface area contributed by atoms with Crippen LogP contribution in [0, 0.1) is 0 Å². The van der Waals surface area contributed by atoms with Crippen LogP contribution in [0.3, 0.4) is 0 Å². The first-order valence-corrected chi connectivity index (χ1v) is 16.0. The van der Waals surface area contributed by atoms with E-state index in [-0.39, 0.29) is 0 Å². The van der Waals surface area contributed by atoms with Crippen molar-refractivity contribution < 1.29 is 0 Å². The molecule has 3 heteroatoms. The first-order chi connectivity index (χ1) is 15.3. The van der Waals surface area contributed by atoms with Crippen LogP contribution in [-0.2, 0) is 12.8 Å². The second-order valence-corrected chi connectivity index (χ2v) is 12.6. The Bertz CT molecular complexity index is 604. The number of aryl methyl sites for hydroxylation is 2. The molecular weight excluding hydrogens is 433 g/mol. The summed E-state index contributed by atoms with van der Waals surface area (Å²) in [6.45, 7) is 4.56. The molecule has 0 saturated carbocycles. The number of hydrogen-bond donors (Lipinski definition) is 0. The summed E-state index contributed by atoms with van der Waals surface area (Å²) in [6, 6.07) is 18.4. The smallest absolute Gasteiger partial charge is 0.0191 e. The third-order valence-corrected chi connectivity index (χ3v) is 9.60. The molecule has 0 N–H and O–H groups in total. The van der Waals surface area contributed by atoms with Gasteiger partial charge in [-0.05, 0) is 92.5 Å². The summed E-state index contributed by atoms with van der Waals surface area (Å²) in [5, 5.41) is 0. The molecule has 172 valence electrons. The predicted molar refractivity (Wildman–Crippen MR) is 146 cm³/mol. The number of unbranched alkanes of at least 4 members (excludes halogenated alkanes) is 10. The molecule has 0 bridgehead atoms. The lowest BCUT2D eigenvalue weighted by molar-refractivity contribution is 0.607. The molecule has 0 amide bonds. The van der Waals surface area contributed by atoms with Gasteiger partial charge in [0.15, 0.2) is 0 Å². The first kappa shape index (κ1) is 26.7. The molecule has 0 aliphatic heterocycles. The maximum absolute atomic E-state index is 2.32. The molecule has 0 unspecified atom stereocenters. The van der Waals surface area contributed by atoms with Gasteiger partial charge in [-0.1, -0.05) is 102 Å². The molecule has 0 atom stereocenters. The van der Waals surface area contributed by atoms with Crippen molar-refractivity contribution in [2.45, 2.75) is 114 Å². The van der Waals surface area contributed by atoms with Gasteiger partial charge in [-0.25, -0.2) is 0 Å². The van der Waals surface area contributed by atoms with Crippen molar-refractivity contribution in [1.82, 2.24) is 0 Å². The molecular formula is C28H42S3. The summed E-state index contributed by atoms with van der Waals surface area (Å²) in [5.74, 6) is 0. The molecule has 2 aromatic rings. The van der Waals surface area contributed by atoms with E-state index >= 15 is 0 Å². The highest BCUT2D eigenvalue weighted by Gasteiger charge is 2.01. The molecule has 0 saturated heterocycles. The standard InChI is InChI=1S/C28H42S3/c1-3-5-7-9-11-13-15-25-17-21-27(22-18-25)29-31-30-28-23-19-26(20-24-28)16-14-12-10-8-6-4-2/h17-24H,3-16H2,1-2H3. The van der Waals surface area contributed by atoms with E-state index in [0.29, 0.717) is 0 Å². The molecule has 0 fully saturated rings. The van der Waals surface area contributed by atoms with Crippen molar-refractivity contribution in [1.29, 1.82) is 0 Å². The second-order valence-electron chi connectivity index (χ2n) is 8.56. The van der Waals surface area contributed by atoms with Crippen LogP contribution in [0.2, 0.25) is 0 Å². The monoisotopic (exact) mass is 474 g/mol. The maximum atomic E-state index is 2.32. The van der Waals surface area contributed by atoms with Gasteiger partial charge < -0.3 is 0 Å². The molecule has 2 rings (SSSR count). The van der Waals surface area contributed by atoms with Gasteiger partial charge >= 0.3 is 0 Å². The summed E-state index contributed by atoms with van der Waals surface area (Å²) in [7, 11) is 5.60. The van der Waals surface area contributed by atoms with Gasteiger partial charge in [0.05, 0.1) is 0 Å². The molecule has 0 aliphatic carbocycles. The number of benzene rings is 2. The Hall–Kier alpha value is -0.510. The molecule has 0 spiro atoms. The zero-order valence-electron chi connectivity index (χ0n) is 19.7. The Balaban J connectivity index is 1.57. The fourth-order valence-electron chi connectivity index (χ4n) is 3.74. The van der Waals surface area contributed by atoms with E-state index in [0.717, 1.165) is 0 Å². The van der Waals surface area contributed by atoms with Crippen LogP contribution in [-0.4, -0.2) is 0 Å². The summed E-state index contributed by atoms with van der Waals surface area (Å²) >= 11 is 0. The molecule has 0 heterocycles.